The second-order valence-electron chi connectivity index (χ2n) is 8.69. The van der Waals surface area contributed by atoms with Gasteiger partial charge in [-0.25, -0.2) is 0 Å². The fourth-order valence-electron chi connectivity index (χ4n) is 4.27. The van der Waals surface area contributed by atoms with Crippen LogP contribution >= 0.6 is 11.3 Å². The lowest BCUT2D eigenvalue weighted by molar-refractivity contribution is -0.135. The van der Waals surface area contributed by atoms with Crippen LogP contribution in [-0.2, 0) is 33.6 Å². The maximum Gasteiger partial charge on any atom is 0.254 e. The molecule has 0 aromatic carbocycles. The first-order valence-electron chi connectivity index (χ1n) is 11.3. The van der Waals surface area contributed by atoms with Crippen molar-refractivity contribution in [2.24, 2.45) is 11.8 Å². The van der Waals surface area contributed by atoms with E-state index in [0.717, 1.165) is 49.0 Å². The van der Waals surface area contributed by atoms with Crippen LogP contribution in [0.2, 0.25) is 0 Å². The Labute approximate surface area is 190 Å². The summed E-state index contributed by atoms with van der Waals surface area (Å²) in [7, 11) is 0. The number of rotatable bonds is 7. The molecule has 1 aliphatic heterocycles. The second kappa shape index (κ2) is 9.92. The number of anilines is 1. The highest BCUT2D eigenvalue weighted by Gasteiger charge is 2.37. The third-order valence-corrected chi connectivity index (χ3v) is 8.81. The van der Waals surface area contributed by atoms with Gasteiger partial charge in [0.1, 0.15) is 16.5 Å². The Morgan fingerprint density at radius 3 is 2.58 bits per heavy atom. The van der Waals surface area contributed by atoms with Crippen molar-refractivity contribution in [2.75, 3.05) is 36.5 Å². The van der Waals surface area contributed by atoms with Crippen LogP contribution in [0.5, 0.6) is 0 Å². The summed E-state index contributed by atoms with van der Waals surface area (Å²) in [5.41, 5.74) is 1.48. The molecule has 1 aromatic rings. The molecule has 3 amide bonds. The average molecular weight is 466 g/mol. The smallest absolute Gasteiger partial charge is 0.254 e. The third-order valence-electron chi connectivity index (χ3n) is 6.33. The molecule has 1 saturated heterocycles. The maximum absolute atomic E-state index is 13.1. The zero-order valence-electron chi connectivity index (χ0n) is 18.0. The molecule has 2 heterocycles. The van der Waals surface area contributed by atoms with Crippen molar-refractivity contribution in [1.82, 2.24) is 10.2 Å². The molecule has 31 heavy (non-hydrogen) atoms. The van der Waals surface area contributed by atoms with Crippen molar-refractivity contribution in [3.8, 4) is 0 Å². The number of hydrogen-bond acceptors (Lipinski definition) is 5. The zero-order chi connectivity index (χ0) is 22.0. The lowest BCUT2D eigenvalue weighted by Gasteiger charge is -2.32. The fraction of sp³-hybridized carbons (Fsp3) is 0.682. The lowest BCUT2D eigenvalue weighted by Crippen LogP contribution is -2.47. The number of nitrogens with zero attached hydrogens (tertiary/aromatic N) is 1. The fourth-order valence-corrected chi connectivity index (χ4v) is 6.56. The molecule has 4 rings (SSSR count). The van der Waals surface area contributed by atoms with Gasteiger partial charge in [0.25, 0.3) is 5.91 Å². The number of amides is 3. The van der Waals surface area contributed by atoms with Crippen molar-refractivity contribution < 1.29 is 18.9 Å². The standard InChI is InChI=1S/C22H31N3O4S2/c1-2-3-8-23-20(27)18-16-13-15(22(28)25-9-11-31(29)12-10-25)6-7-17(16)30-21(18)24-19(26)14-4-5-14/h14-15H,2-13H2,1H3,(H,23,27)(H,24,26). The van der Waals surface area contributed by atoms with Gasteiger partial charge >= 0.3 is 0 Å². The number of fused-ring (bicyclic) bond motifs is 1. The minimum Gasteiger partial charge on any atom is -0.616 e. The number of thiophene rings is 1. The molecule has 2 aliphatic carbocycles. The van der Waals surface area contributed by atoms with Gasteiger partial charge in [-0.1, -0.05) is 24.5 Å². The van der Waals surface area contributed by atoms with E-state index in [4.69, 9.17) is 0 Å². The van der Waals surface area contributed by atoms with Crippen LogP contribution in [0.25, 0.3) is 0 Å². The molecule has 2 N–H and O–H groups in total. The largest absolute Gasteiger partial charge is 0.616 e. The van der Waals surface area contributed by atoms with Gasteiger partial charge in [-0.2, -0.15) is 0 Å². The highest BCUT2D eigenvalue weighted by atomic mass is 32.2. The minimum atomic E-state index is -0.819. The highest BCUT2D eigenvalue weighted by molar-refractivity contribution is 7.91. The molecular formula is C22H31N3O4S2. The van der Waals surface area contributed by atoms with Gasteiger partial charge in [-0.15, -0.1) is 11.3 Å². The molecule has 170 valence electrons. The predicted octanol–water partition coefficient (Wildman–Crippen LogP) is 2.32. The van der Waals surface area contributed by atoms with Crippen LogP contribution < -0.4 is 10.6 Å². The Kier molecular flexibility index (Phi) is 7.23. The van der Waals surface area contributed by atoms with Crippen molar-refractivity contribution in [2.45, 2.75) is 51.9 Å². The van der Waals surface area contributed by atoms with E-state index in [1.54, 1.807) is 0 Å². The molecule has 1 atom stereocenters. The van der Waals surface area contributed by atoms with Crippen molar-refractivity contribution in [3.05, 3.63) is 16.0 Å². The monoisotopic (exact) mass is 465 g/mol. The molecule has 9 heteroatoms. The molecule has 2 fully saturated rings. The first-order valence-corrected chi connectivity index (χ1v) is 13.7. The summed E-state index contributed by atoms with van der Waals surface area (Å²) in [5, 5.41) is 6.63. The van der Waals surface area contributed by atoms with E-state index in [1.807, 2.05) is 4.90 Å². The quantitative estimate of drug-likeness (QED) is 0.477. The van der Waals surface area contributed by atoms with Crippen molar-refractivity contribution in [1.29, 1.82) is 0 Å². The summed E-state index contributed by atoms with van der Waals surface area (Å²) in [6, 6.07) is 0. The molecule has 1 saturated carbocycles. The van der Waals surface area contributed by atoms with Gasteiger partial charge in [0.2, 0.25) is 11.8 Å². The first-order chi connectivity index (χ1) is 15.0. The van der Waals surface area contributed by atoms with Crippen LogP contribution in [-0.4, -0.2) is 58.3 Å². The van der Waals surface area contributed by atoms with E-state index >= 15 is 0 Å². The Bertz CT molecular complexity index is 844. The second-order valence-corrected chi connectivity index (χ2v) is 11.5. The Morgan fingerprint density at radius 2 is 1.90 bits per heavy atom. The van der Waals surface area contributed by atoms with E-state index < -0.39 is 11.2 Å². The Morgan fingerprint density at radius 1 is 1.16 bits per heavy atom. The summed E-state index contributed by atoms with van der Waals surface area (Å²) < 4.78 is 11.6. The van der Waals surface area contributed by atoms with Crippen LogP contribution in [0, 0.1) is 11.8 Å². The van der Waals surface area contributed by atoms with Gasteiger partial charge in [0.15, 0.2) is 0 Å². The van der Waals surface area contributed by atoms with Crippen LogP contribution in [0.4, 0.5) is 5.00 Å². The van der Waals surface area contributed by atoms with E-state index in [2.05, 4.69) is 17.6 Å². The molecule has 1 aromatic heterocycles. The van der Waals surface area contributed by atoms with E-state index in [-0.39, 0.29) is 29.6 Å². The lowest BCUT2D eigenvalue weighted by atomic mass is 9.85. The van der Waals surface area contributed by atoms with Crippen LogP contribution in [0.1, 0.15) is 59.8 Å². The molecule has 0 radical (unpaired) electrons. The SMILES string of the molecule is CCCCNC(=O)c1c(NC(=O)C2CC2)sc2c1CC(C(=O)N1CC[S+]([O-])CC1)CC2. The molecule has 3 aliphatic rings. The zero-order valence-corrected chi connectivity index (χ0v) is 19.7. The number of aryl methyl sites for hydroxylation is 1. The van der Waals surface area contributed by atoms with Gasteiger partial charge in [-0.05, 0) is 44.1 Å². The molecule has 0 bridgehead atoms. The molecule has 7 nitrogen and oxygen atoms in total. The minimum absolute atomic E-state index is 0.00449. The average Bonchev–Trinajstić information content (AvgIpc) is 3.55. The number of carbonyl (C=O) groups is 3. The van der Waals surface area contributed by atoms with Gasteiger partial charge in [-0.3, -0.25) is 14.4 Å². The van der Waals surface area contributed by atoms with Gasteiger partial charge in [0, 0.05) is 23.3 Å². The van der Waals surface area contributed by atoms with Gasteiger partial charge in [0.05, 0.1) is 18.7 Å². The summed E-state index contributed by atoms with van der Waals surface area (Å²) in [5.74, 6) is 0.940. The Balaban J connectivity index is 1.53. The first kappa shape index (κ1) is 22.6. The molecule has 0 spiro atoms. The highest BCUT2D eigenvalue weighted by Crippen LogP contribution is 2.41. The number of hydrogen-bond donors (Lipinski definition) is 2. The van der Waals surface area contributed by atoms with E-state index in [1.165, 1.54) is 11.3 Å². The topological polar surface area (TPSA) is 102 Å². The predicted molar refractivity (Wildman–Crippen MR) is 123 cm³/mol. The maximum atomic E-state index is 13.1. The Hall–Kier alpha value is -1.58. The van der Waals surface area contributed by atoms with Crippen LogP contribution in [0.15, 0.2) is 0 Å². The van der Waals surface area contributed by atoms with Crippen molar-refractivity contribution in [3.63, 3.8) is 0 Å². The van der Waals surface area contributed by atoms with Crippen LogP contribution in [0.3, 0.4) is 0 Å². The van der Waals surface area contributed by atoms with E-state index in [0.29, 0.717) is 48.1 Å². The van der Waals surface area contributed by atoms with Crippen molar-refractivity contribution >= 4 is 45.2 Å². The number of nitrogens with one attached hydrogen (secondary N) is 2. The molecular weight excluding hydrogens is 434 g/mol. The molecule has 1 unspecified atom stereocenters. The summed E-state index contributed by atoms with van der Waals surface area (Å²) in [6.07, 6.45) is 5.73. The number of unbranched alkanes of at least 4 members (excludes halogenated alkanes) is 1. The summed E-state index contributed by atoms with van der Waals surface area (Å²) in [4.78, 5) is 41.5. The van der Waals surface area contributed by atoms with E-state index in [9.17, 15) is 18.9 Å². The summed E-state index contributed by atoms with van der Waals surface area (Å²) in [6.45, 7) is 3.77. The number of carbonyl (C=O) groups excluding carboxylic acids is 3. The van der Waals surface area contributed by atoms with Gasteiger partial charge < -0.3 is 20.1 Å². The normalized spacial score (nSPS) is 21.5. The third kappa shape index (κ3) is 5.26. The summed E-state index contributed by atoms with van der Waals surface area (Å²) >= 11 is 0.675.